The Morgan fingerprint density at radius 1 is 1.32 bits per heavy atom. The second-order valence-electron chi connectivity index (χ2n) is 6.55. The number of aromatic nitrogens is 2. The lowest BCUT2D eigenvalue weighted by molar-refractivity contribution is -0.138. The van der Waals surface area contributed by atoms with E-state index in [1.54, 1.807) is 19.3 Å². The topological polar surface area (TPSA) is 76.9 Å². The van der Waals surface area contributed by atoms with Crippen molar-refractivity contribution < 1.29 is 14.3 Å². The number of piperazine rings is 1. The first-order chi connectivity index (χ1) is 12.1. The second-order valence-corrected chi connectivity index (χ2v) is 6.55. The summed E-state index contributed by atoms with van der Waals surface area (Å²) in [6.07, 6.45) is 5.11. The van der Waals surface area contributed by atoms with Gasteiger partial charge in [0.05, 0.1) is 24.6 Å². The highest BCUT2D eigenvalue weighted by Crippen LogP contribution is 2.14. The average Bonchev–Trinajstić information content (AvgIpc) is 2.65. The predicted octanol–water partition coefficient (Wildman–Crippen LogP) is 0.0146. The Morgan fingerprint density at radius 3 is 2.80 bits per heavy atom. The number of nitrogens with zero attached hydrogens (tertiary/aromatic N) is 4. The molecule has 3 heterocycles. The van der Waals surface area contributed by atoms with Crippen molar-refractivity contribution in [2.75, 3.05) is 50.9 Å². The van der Waals surface area contributed by atoms with Gasteiger partial charge in [-0.05, 0) is 19.3 Å². The van der Waals surface area contributed by atoms with Gasteiger partial charge in [-0.25, -0.2) is 4.68 Å². The molecule has 25 heavy (non-hydrogen) atoms. The van der Waals surface area contributed by atoms with Gasteiger partial charge in [-0.3, -0.25) is 9.59 Å². The Labute approximate surface area is 147 Å². The summed E-state index contributed by atoms with van der Waals surface area (Å²) in [4.78, 5) is 27.8. The summed E-state index contributed by atoms with van der Waals surface area (Å²) < 4.78 is 12.4. The zero-order valence-electron chi connectivity index (χ0n) is 14.7. The third kappa shape index (κ3) is 4.79. The van der Waals surface area contributed by atoms with Crippen molar-refractivity contribution in [1.29, 1.82) is 0 Å². The van der Waals surface area contributed by atoms with Crippen LogP contribution in [0.3, 0.4) is 0 Å². The molecular weight excluding hydrogens is 324 g/mol. The van der Waals surface area contributed by atoms with Gasteiger partial charge < -0.3 is 19.3 Å². The van der Waals surface area contributed by atoms with Crippen LogP contribution < -0.4 is 10.5 Å². The van der Waals surface area contributed by atoms with Crippen LogP contribution in [0.25, 0.3) is 0 Å². The molecule has 0 bridgehead atoms. The van der Waals surface area contributed by atoms with Crippen molar-refractivity contribution in [1.82, 2.24) is 14.7 Å². The summed E-state index contributed by atoms with van der Waals surface area (Å²) in [5.41, 5.74) is 0.676. The van der Waals surface area contributed by atoms with Crippen LogP contribution in [-0.4, -0.2) is 72.7 Å². The van der Waals surface area contributed by atoms with Crippen LogP contribution in [0.1, 0.15) is 19.3 Å². The van der Waals surface area contributed by atoms with Crippen LogP contribution in [0, 0.1) is 0 Å². The Hall–Kier alpha value is -1.93. The number of rotatable bonds is 5. The summed E-state index contributed by atoms with van der Waals surface area (Å²) in [7, 11) is 1.63. The van der Waals surface area contributed by atoms with E-state index in [-0.39, 0.29) is 24.2 Å². The number of ether oxygens (including phenoxy) is 2. The number of aryl methyl sites for hydroxylation is 1. The van der Waals surface area contributed by atoms with E-state index in [4.69, 9.17) is 9.47 Å². The number of carbonyl (C=O) groups excluding carboxylic acids is 1. The molecule has 8 nitrogen and oxygen atoms in total. The largest absolute Gasteiger partial charge is 0.376 e. The van der Waals surface area contributed by atoms with Crippen molar-refractivity contribution in [3.8, 4) is 0 Å². The van der Waals surface area contributed by atoms with Crippen LogP contribution in [0.15, 0.2) is 17.1 Å². The predicted molar refractivity (Wildman–Crippen MR) is 92.7 cm³/mol. The van der Waals surface area contributed by atoms with Gasteiger partial charge in [-0.2, -0.15) is 5.10 Å². The van der Waals surface area contributed by atoms with E-state index >= 15 is 0 Å². The molecular formula is C17H26N4O4. The fourth-order valence-corrected chi connectivity index (χ4v) is 3.15. The number of hydrogen-bond donors (Lipinski definition) is 0. The van der Waals surface area contributed by atoms with E-state index in [1.807, 2.05) is 4.90 Å². The Kier molecular flexibility index (Phi) is 6.04. The molecule has 3 rings (SSSR count). The van der Waals surface area contributed by atoms with Crippen LogP contribution in [0.4, 0.5) is 5.69 Å². The summed E-state index contributed by atoms with van der Waals surface area (Å²) in [6.45, 7) is 4.01. The van der Waals surface area contributed by atoms with Gasteiger partial charge >= 0.3 is 0 Å². The highest BCUT2D eigenvalue weighted by molar-refractivity contribution is 5.77. The molecule has 0 saturated carbocycles. The first kappa shape index (κ1) is 17.9. The van der Waals surface area contributed by atoms with Gasteiger partial charge in [0.2, 0.25) is 5.91 Å². The van der Waals surface area contributed by atoms with Gasteiger partial charge in [0.15, 0.2) is 0 Å². The zero-order chi connectivity index (χ0) is 17.6. The van der Waals surface area contributed by atoms with E-state index in [1.165, 1.54) is 11.1 Å². The zero-order valence-corrected chi connectivity index (χ0v) is 14.7. The molecule has 2 saturated heterocycles. The van der Waals surface area contributed by atoms with E-state index < -0.39 is 0 Å². The fourth-order valence-electron chi connectivity index (χ4n) is 3.15. The molecule has 0 unspecified atom stereocenters. The molecule has 0 aliphatic carbocycles. The standard InChI is InChI=1S/C17H26N4O4/c1-19-16(22)10-14(11-18-19)20-5-7-21(8-6-20)17(23)13-24-12-15-4-2-3-9-25-15/h10-11,15H,2-9,12-13H2,1H3/t15-/m1/s1. The highest BCUT2D eigenvalue weighted by atomic mass is 16.5. The van der Waals surface area contributed by atoms with Crippen molar-refractivity contribution in [3.05, 3.63) is 22.6 Å². The molecule has 1 atom stereocenters. The maximum absolute atomic E-state index is 12.3. The van der Waals surface area contributed by atoms with Gasteiger partial charge in [0, 0.05) is 45.9 Å². The van der Waals surface area contributed by atoms with E-state index in [9.17, 15) is 9.59 Å². The maximum Gasteiger partial charge on any atom is 0.268 e. The van der Waals surface area contributed by atoms with Crippen LogP contribution in [-0.2, 0) is 21.3 Å². The quantitative estimate of drug-likeness (QED) is 0.745. The molecule has 0 aromatic carbocycles. The molecule has 138 valence electrons. The Bertz CT molecular complexity index is 634. The Morgan fingerprint density at radius 2 is 2.12 bits per heavy atom. The Balaban J connectivity index is 1.41. The summed E-state index contributed by atoms with van der Waals surface area (Å²) >= 11 is 0. The second kappa shape index (κ2) is 8.44. The number of anilines is 1. The first-order valence-electron chi connectivity index (χ1n) is 8.89. The SMILES string of the molecule is Cn1ncc(N2CCN(C(=O)COC[C@H]3CCCCO3)CC2)cc1=O. The molecule has 0 radical (unpaired) electrons. The van der Waals surface area contributed by atoms with Gasteiger partial charge in [-0.15, -0.1) is 0 Å². The minimum absolute atomic E-state index is 0.0116. The van der Waals surface area contributed by atoms with Gasteiger partial charge in [0.25, 0.3) is 5.56 Å². The molecule has 8 heteroatoms. The number of amides is 1. The van der Waals surface area contributed by atoms with Gasteiger partial charge in [-0.1, -0.05) is 0 Å². The molecule has 1 amide bonds. The lowest BCUT2D eigenvalue weighted by Crippen LogP contribution is -2.50. The van der Waals surface area contributed by atoms with Crippen molar-refractivity contribution >= 4 is 11.6 Å². The highest BCUT2D eigenvalue weighted by Gasteiger charge is 2.22. The summed E-state index contributed by atoms with van der Waals surface area (Å²) in [5, 5.41) is 4.04. The molecule has 1 aromatic rings. The molecule has 2 aliphatic rings. The third-order valence-corrected chi connectivity index (χ3v) is 4.75. The van der Waals surface area contributed by atoms with Gasteiger partial charge in [0.1, 0.15) is 6.61 Å². The van der Waals surface area contributed by atoms with Crippen LogP contribution in [0.5, 0.6) is 0 Å². The van der Waals surface area contributed by atoms with Crippen molar-refractivity contribution in [2.45, 2.75) is 25.4 Å². The lowest BCUT2D eigenvalue weighted by atomic mass is 10.1. The van der Waals surface area contributed by atoms with E-state index in [0.717, 1.165) is 25.1 Å². The molecule has 0 N–H and O–H groups in total. The monoisotopic (exact) mass is 350 g/mol. The minimum Gasteiger partial charge on any atom is -0.376 e. The number of hydrogen-bond acceptors (Lipinski definition) is 6. The average molecular weight is 350 g/mol. The van der Waals surface area contributed by atoms with E-state index in [2.05, 4.69) is 10.00 Å². The fraction of sp³-hybridized carbons (Fsp3) is 0.706. The van der Waals surface area contributed by atoms with Crippen molar-refractivity contribution in [3.63, 3.8) is 0 Å². The first-order valence-corrected chi connectivity index (χ1v) is 8.89. The normalized spacial score (nSPS) is 21.4. The van der Waals surface area contributed by atoms with E-state index in [0.29, 0.717) is 32.8 Å². The molecule has 2 aliphatic heterocycles. The molecule has 2 fully saturated rings. The van der Waals surface area contributed by atoms with Crippen LogP contribution >= 0.6 is 0 Å². The maximum atomic E-state index is 12.3. The molecule has 0 spiro atoms. The minimum atomic E-state index is -0.130. The lowest BCUT2D eigenvalue weighted by Gasteiger charge is -2.35. The van der Waals surface area contributed by atoms with Crippen LogP contribution in [0.2, 0.25) is 0 Å². The third-order valence-electron chi connectivity index (χ3n) is 4.75. The summed E-state index contributed by atoms with van der Waals surface area (Å²) in [6, 6.07) is 1.58. The molecule has 1 aromatic heterocycles. The van der Waals surface area contributed by atoms with Crippen molar-refractivity contribution in [2.24, 2.45) is 7.05 Å². The summed E-state index contributed by atoms with van der Waals surface area (Å²) in [5.74, 6) is 0.0116. The smallest absolute Gasteiger partial charge is 0.268 e. The number of carbonyl (C=O) groups is 1.